The van der Waals surface area contributed by atoms with Crippen molar-refractivity contribution in [2.75, 3.05) is 11.4 Å². The highest BCUT2D eigenvalue weighted by Crippen LogP contribution is 2.28. The summed E-state index contributed by atoms with van der Waals surface area (Å²) in [6, 6.07) is 8.37. The normalized spacial score (nSPS) is 17.0. The number of aromatic hydroxyl groups is 1. The summed E-state index contributed by atoms with van der Waals surface area (Å²) in [4.78, 5) is 2.53. The standard InChI is InChI=1S/C15H23NO/c1-2-12-16(13-6-4-3-5-7-13)14-8-10-15(17)11-9-14/h8-11,13,17H,2-7,12H2,1H3. The first-order valence-electron chi connectivity index (χ1n) is 6.87. The van der Waals surface area contributed by atoms with Gasteiger partial charge in [0.05, 0.1) is 0 Å². The number of phenolic OH excluding ortho intramolecular Hbond substituents is 1. The van der Waals surface area contributed by atoms with Crippen molar-refractivity contribution in [1.29, 1.82) is 0 Å². The minimum Gasteiger partial charge on any atom is -0.508 e. The lowest BCUT2D eigenvalue weighted by molar-refractivity contribution is 0.414. The summed E-state index contributed by atoms with van der Waals surface area (Å²) in [5.74, 6) is 0.355. The Balaban J connectivity index is 2.12. The molecule has 0 aliphatic heterocycles. The minimum absolute atomic E-state index is 0.355. The summed E-state index contributed by atoms with van der Waals surface area (Å²) in [5, 5.41) is 9.36. The Hall–Kier alpha value is -1.18. The van der Waals surface area contributed by atoms with Gasteiger partial charge in [-0.25, -0.2) is 0 Å². The molecule has 0 spiro atoms. The van der Waals surface area contributed by atoms with Crippen LogP contribution < -0.4 is 4.90 Å². The van der Waals surface area contributed by atoms with E-state index in [2.05, 4.69) is 11.8 Å². The molecular weight excluding hydrogens is 210 g/mol. The predicted octanol–water partition coefficient (Wildman–Crippen LogP) is 3.94. The molecule has 0 heterocycles. The van der Waals surface area contributed by atoms with E-state index in [-0.39, 0.29) is 0 Å². The first kappa shape index (κ1) is 12.3. The van der Waals surface area contributed by atoms with Gasteiger partial charge in [0.25, 0.3) is 0 Å². The molecule has 0 unspecified atom stereocenters. The Bertz CT molecular complexity index is 327. The van der Waals surface area contributed by atoms with Gasteiger partial charge in [-0.1, -0.05) is 26.2 Å². The molecule has 1 N–H and O–H groups in total. The van der Waals surface area contributed by atoms with Crippen LogP contribution in [0.4, 0.5) is 5.69 Å². The van der Waals surface area contributed by atoms with Gasteiger partial charge in [-0.05, 0) is 43.5 Å². The fourth-order valence-electron chi connectivity index (χ4n) is 2.80. The van der Waals surface area contributed by atoms with Crippen molar-refractivity contribution >= 4 is 5.69 Å². The van der Waals surface area contributed by atoms with Crippen LogP contribution in [-0.2, 0) is 0 Å². The highest BCUT2D eigenvalue weighted by atomic mass is 16.3. The van der Waals surface area contributed by atoms with Crippen molar-refractivity contribution < 1.29 is 5.11 Å². The smallest absolute Gasteiger partial charge is 0.115 e. The lowest BCUT2D eigenvalue weighted by atomic mass is 9.93. The molecule has 0 aromatic heterocycles. The summed E-state index contributed by atoms with van der Waals surface area (Å²) in [5.41, 5.74) is 1.26. The number of benzene rings is 1. The monoisotopic (exact) mass is 233 g/mol. The average molecular weight is 233 g/mol. The molecule has 94 valence electrons. The van der Waals surface area contributed by atoms with Crippen LogP contribution in [0.2, 0.25) is 0 Å². The fourth-order valence-corrected chi connectivity index (χ4v) is 2.80. The molecule has 0 radical (unpaired) electrons. The molecule has 1 aliphatic carbocycles. The molecule has 17 heavy (non-hydrogen) atoms. The van der Waals surface area contributed by atoms with Crippen molar-refractivity contribution in [2.45, 2.75) is 51.5 Å². The topological polar surface area (TPSA) is 23.5 Å². The van der Waals surface area contributed by atoms with E-state index in [1.807, 2.05) is 12.1 Å². The van der Waals surface area contributed by atoms with Gasteiger partial charge in [0.15, 0.2) is 0 Å². The second-order valence-corrected chi connectivity index (χ2v) is 5.00. The molecule has 1 aliphatic rings. The van der Waals surface area contributed by atoms with Gasteiger partial charge < -0.3 is 10.0 Å². The lowest BCUT2D eigenvalue weighted by Crippen LogP contribution is -2.37. The molecule has 1 fully saturated rings. The van der Waals surface area contributed by atoms with E-state index in [0.29, 0.717) is 11.8 Å². The van der Waals surface area contributed by atoms with E-state index < -0.39 is 0 Å². The number of hydrogen-bond acceptors (Lipinski definition) is 2. The lowest BCUT2D eigenvalue weighted by Gasteiger charge is -2.36. The van der Waals surface area contributed by atoms with Crippen LogP contribution in [0.15, 0.2) is 24.3 Å². The maximum Gasteiger partial charge on any atom is 0.115 e. The summed E-state index contributed by atoms with van der Waals surface area (Å²) in [7, 11) is 0. The summed E-state index contributed by atoms with van der Waals surface area (Å²) in [6.45, 7) is 3.35. The van der Waals surface area contributed by atoms with Gasteiger partial charge in [0.2, 0.25) is 0 Å². The molecular formula is C15H23NO. The largest absolute Gasteiger partial charge is 0.508 e. The van der Waals surface area contributed by atoms with Crippen LogP contribution in [0.1, 0.15) is 45.4 Å². The highest BCUT2D eigenvalue weighted by Gasteiger charge is 2.20. The summed E-state index contributed by atoms with van der Waals surface area (Å²) < 4.78 is 0. The maximum atomic E-state index is 9.36. The Morgan fingerprint density at radius 3 is 2.35 bits per heavy atom. The van der Waals surface area contributed by atoms with E-state index in [0.717, 1.165) is 6.54 Å². The molecule has 2 heteroatoms. The van der Waals surface area contributed by atoms with E-state index >= 15 is 0 Å². The third kappa shape index (κ3) is 3.15. The van der Waals surface area contributed by atoms with E-state index in [4.69, 9.17) is 0 Å². The van der Waals surface area contributed by atoms with Crippen molar-refractivity contribution in [1.82, 2.24) is 0 Å². The Morgan fingerprint density at radius 2 is 1.76 bits per heavy atom. The Kier molecular flexibility index (Phi) is 4.29. The van der Waals surface area contributed by atoms with Gasteiger partial charge in [0.1, 0.15) is 5.75 Å². The zero-order valence-electron chi connectivity index (χ0n) is 10.7. The number of rotatable bonds is 4. The van der Waals surface area contributed by atoms with Crippen LogP contribution in [0, 0.1) is 0 Å². The Morgan fingerprint density at radius 1 is 1.12 bits per heavy atom. The van der Waals surface area contributed by atoms with Gasteiger partial charge in [-0.2, -0.15) is 0 Å². The van der Waals surface area contributed by atoms with E-state index in [1.54, 1.807) is 12.1 Å². The van der Waals surface area contributed by atoms with Crippen molar-refractivity contribution in [3.63, 3.8) is 0 Å². The fraction of sp³-hybridized carbons (Fsp3) is 0.600. The van der Waals surface area contributed by atoms with Crippen molar-refractivity contribution in [3.05, 3.63) is 24.3 Å². The van der Waals surface area contributed by atoms with Crippen molar-refractivity contribution in [2.24, 2.45) is 0 Å². The van der Waals surface area contributed by atoms with Crippen LogP contribution in [0.3, 0.4) is 0 Å². The number of anilines is 1. The second-order valence-electron chi connectivity index (χ2n) is 5.00. The maximum absolute atomic E-state index is 9.36. The number of nitrogens with zero attached hydrogens (tertiary/aromatic N) is 1. The molecule has 0 amide bonds. The molecule has 1 aromatic rings. The third-order valence-electron chi connectivity index (χ3n) is 3.66. The molecule has 2 rings (SSSR count). The molecule has 2 nitrogen and oxygen atoms in total. The quantitative estimate of drug-likeness (QED) is 0.851. The Labute approximate surface area is 104 Å². The van der Waals surface area contributed by atoms with Gasteiger partial charge >= 0.3 is 0 Å². The molecule has 0 bridgehead atoms. The summed E-state index contributed by atoms with van der Waals surface area (Å²) >= 11 is 0. The third-order valence-corrected chi connectivity index (χ3v) is 3.66. The SMILES string of the molecule is CCCN(c1ccc(O)cc1)C1CCCCC1. The molecule has 0 atom stereocenters. The van der Waals surface area contributed by atoms with Gasteiger partial charge in [-0.3, -0.25) is 0 Å². The molecule has 1 saturated carbocycles. The van der Waals surface area contributed by atoms with E-state index in [9.17, 15) is 5.11 Å². The highest BCUT2D eigenvalue weighted by molar-refractivity contribution is 5.49. The predicted molar refractivity (Wildman–Crippen MR) is 72.6 cm³/mol. The number of phenols is 1. The molecule has 0 saturated heterocycles. The van der Waals surface area contributed by atoms with Crippen LogP contribution >= 0.6 is 0 Å². The van der Waals surface area contributed by atoms with Gasteiger partial charge in [-0.15, -0.1) is 0 Å². The summed E-state index contributed by atoms with van der Waals surface area (Å²) in [6.07, 6.45) is 7.94. The zero-order chi connectivity index (χ0) is 12.1. The molecule has 1 aromatic carbocycles. The van der Waals surface area contributed by atoms with E-state index in [1.165, 1.54) is 44.2 Å². The van der Waals surface area contributed by atoms with Crippen molar-refractivity contribution in [3.8, 4) is 5.75 Å². The van der Waals surface area contributed by atoms with Crippen LogP contribution in [-0.4, -0.2) is 17.7 Å². The number of hydrogen-bond donors (Lipinski definition) is 1. The zero-order valence-corrected chi connectivity index (χ0v) is 10.7. The first-order valence-corrected chi connectivity index (χ1v) is 6.87. The average Bonchev–Trinajstić information content (AvgIpc) is 2.38. The first-order chi connectivity index (χ1) is 8.31. The van der Waals surface area contributed by atoms with Gasteiger partial charge in [0, 0.05) is 18.3 Å². The second kappa shape index (κ2) is 5.95. The minimum atomic E-state index is 0.355. The van der Waals surface area contributed by atoms with Crippen LogP contribution in [0.5, 0.6) is 5.75 Å². The van der Waals surface area contributed by atoms with Crippen LogP contribution in [0.25, 0.3) is 0 Å².